The van der Waals surface area contributed by atoms with Crippen LogP contribution in [-0.2, 0) is 44.7 Å². The molecule has 53 heavy (non-hydrogen) atoms. The molecule has 0 atom stereocenters. The van der Waals surface area contributed by atoms with Gasteiger partial charge in [0.1, 0.15) is 19.0 Å². The summed E-state index contributed by atoms with van der Waals surface area (Å²) in [6, 6.07) is 30.4. The molecule has 4 aromatic rings. The SMILES string of the molecule is C=C(CO)C(=O)OCC(COC(=O)C(=C)CO)COc1ccc(CCc2ccc(-c3ccc(-c4ccc(CCCCC)c(CC)c4)c(C)c3)cc2)cc1. The zero-order valence-corrected chi connectivity index (χ0v) is 31.5. The topological polar surface area (TPSA) is 102 Å². The van der Waals surface area contributed by atoms with Gasteiger partial charge in [0.25, 0.3) is 0 Å². The third-order valence-corrected chi connectivity index (χ3v) is 9.43. The van der Waals surface area contributed by atoms with Crippen LogP contribution in [0.2, 0.25) is 0 Å². The van der Waals surface area contributed by atoms with Gasteiger partial charge in [-0.25, -0.2) is 9.59 Å². The number of esters is 2. The number of aliphatic hydroxyl groups is 2. The molecule has 280 valence electrons. The molecule has 0 aliphatic heterocycles. The van der Waals surface area contributed by atoms with E-state index in [2.05, 4.69) is 94.6 Å². The number of aliphatic hydroxyl groups excluding tert-OH is 2. The fourth-order valence-electron chi connectivity index (χ4n) is 6.08. The standard InChI is InChI=1S/C46H54O7/c1-6-8-9-10-39-19-20-42(26-38(39)7-2)44-24-21-41(25-32(44)3)40-17-13-35(14-18-40)11-12-36-15-22-43(23-16-36)51-29-37(30-52-45(49)33(4)27-47)31-53-46(50)34(5)28-48/h13-26,37,47-48H,4-12,27-31H2,1-3H3. The zero-order chi connectivity index (χ0) is 38.2. The summed E-state index contributed by atoms with van der Waals surface area (Å²) in [4.78, 5) is 23.9. The first-order valence-corrected chi connectivity index (χ1v) is 18.6. The highest BCUT2D eigenvalue weighted by molar-refractivity contribution is 5.88. The predicted molar refractivity (Wildman–Crippen MR) is 212 cm³/mol. The van der Waals surface area contributed by atoms with E-state index in [1.807, 2.05) is 24.3 Å². The lowest BCUT2D eigenvalue weighted by molar-refractivity contribution is -0.145. The number of rotatable bonds is 21. The summed E-state index contributed by atoms with van der Waals surface area (Å²) in [5.41, 5.74) is 11.5. The molecule has 0 bridgehead atoms. The van der Waals surface area contributed by atoms with Crippen LogP contribution in [0.1, 0.15) is 60.9 Å². The molecular formula is C46H54O7. The molecule has 0 saturated carbocycles. The van der Waals surface area contributed by atoms with Crippen LogP contribution in [0.25, 0.3) is 22.3 Å². The van der Waals surface area contributed by atoms with Crippen molar-refractivity contribution in [1.29, 1.82) is 0 Å². The lowest BCUT2D eigenvalue weighted by atomic mass is 9.91. The van der Waals surface area contributed by atoms with Crippen LogP contribution in [0.15, 0.2) is 109 Å². The number of hydrogen-bond acceptors (Lipinski definition) is 7. The molecule has 2 N–H and O–H groups in total. The molecule has 0 aliphatic rings. The second-order valence-electron chi connectivity index (χ2n) is 13.6. The molecule has 0 spiro atoms. The number of benzene rings is 4. The Balaban J connectivity index is 1.31. The fourth-order valence-corrected chi connectivity index (χ4v) is 6.08. The van der Waals surface area contributed by atoms with Gasteiger partial charge in [0.15, 0.2) is 0 Å². The Hall–Kier alpha value is -4.98. The Bertz CT molecular complexity index is 1790. The van der Waals surface area contributed by atoms with E-state index in [1.54, 1.807) is 0 Å². The number of hydrogen-bond donors (Lipinski definition) is 2. The number of unbranched alkanes of at least 4 members (excludes halogenated alkanes) is 2. The van der Waals surface area contributed by atoms with Crippen LogP contribution in [0.4, 0.5) is 0 Å². The molecule has 4 rings (SSSR count). The minimum atomic E-state index is -0.744. The van der Waals surface area contributed by atoms with Gasteiger partial charge in [-0.2, -0.15) is 0 Å². The summed E-state index contributed by atoms with van der Waals surface area (Å²) in [6.45, 7) is 12.4. The summed E-state index contributed by atoms with van der Waals surface area (Å²) in [6.07, 6.45) is 7.75. The van der Waals surface area contributed by atoms with Crippen molar-refractivity contribution in [2.24, 2.45) is 5.92 Å². The van der Waals surface area contributed by atoms with Crippen LogP contribution in [0.5, 0.6) is 5.75 Å². The molecule has 0 fully saturated rings. The smallest absolute Gasteiger partial charge is 0.335 e. The van der Waals surface area contributed by atoms with Crippen molar-refractivity contribution in [3.8, 4) is 28.0 Å². The van der Waals surface area contributed by atoms with Gasteiger partial charge < -0.3 is 24.4 Å². The van der Waals surface area contributed by atoms with Gasteiger partial charge in [0.05, 0.1) is 36.9 Å². The first-order chi connectivity index (χ1) is 25.6. The van der Waals surface area contributed by atoms with Gasteiger partial charge in [-0.3, -0.25) is 0 Å². The van der Waals surface area contributed by atoms with Gasteiger partial charge in [0, 0.05) is 0 Å². The molecule has 0 aliphatic carbocycles. The Morgan fingerprint density at radius 1 is 0.642 bits per heavy atom. The molecule has 0 aromatic heterocycles. The first-order valence-electron chi connectivity index (χ1n) is 18.6. The molecule has 0 amide bonds. The largest absolute Gasteiger partial charge is 0.493 e. The fraction of sp³-hybridized carbons (Fsp3) is 0.348. The second-order valence-corrected chi connectivity index (χ2v) is 13.6. The van der Waals surface area contributed by atoms with Crippen molar-refractivity contribution in [2.75, 3.05) is 33.0 Å². The van der Waals surface area contributed by atoms with Crippen molar-refractivity contribution in [3.63, 3.8) is 0 Å². The van der Waals surface area contributed by atoms with Gasteiger partial charge in [-0.1, -0.05) is 113 Å². The summed E-state index contributed by atoms with van der Waals surface area (Å²) < 4.78 is 16.3. The normalized spacial score (nSPS) is 11.0. The van der Waals surface area contributed by atoms with E-state index in [4.69, 9.17) is 24.4 Å². The monoisotopic (exact) mass is 718 g/mol. The minimum absolute atomic E-state index is 0.0812. The molecule has 7 nitrogen and oxygen atoms in total. The Morgan fingerprint density at radius 3 is 1.75 bits per heavy atom. The number of carbonyl (C=O) groups is 2. The summed E-state index contributed by atoms with van der Waals surface area (Å²) in [5.74, 6) is -1.37. The maximum Gasteiger partial charge on any atom is 0.335 e. The van der Waals surface area contributed by atoms with E-state index in [1.165, 1.54) is 63.8 Å². The van der Waals surface area contributed by atoms with E-state index in [-0.39, 0.29) is 31.0 Å². The van der Waals surface area contributed by atoms with Crippen molar-refractivity contribution >= 4 is 11.9 Å². The molecule has 0 radical (unpaired) electrons. The summed E-state index contributed by atoms with van der Waals surface area (Å²) >= 11 is 0. The summed E-state index contributed by atoms with van der Waals surface area (Å²) in [5, 5.41) is 18.2. The van der Waals surface area contributed by atoms with Crippen LogP contribution in [0, 0.1) is 12.8 Å². The third-order valence-electron chi connectivity index (χ3n) is 9.43. The second kappa shape index (κ2) is 20.9. The summed E-state index contributed by atoms with van der Waals surface area (Å²) in [7, 11) is 0. The minimum Gasteiger partial charge on any atom is -0.493 e. The maximum absolute atomic E-state index is 12.0. The molecule has 4 aromatic carbocycles. The number of aryl methyl sites for hydroxylation is 5. The highest BCUT2D eigenvalue weighted by Gasteiger charge is 2.18. The molecule has 7 heteroatoms. The highest BCUT2D eigenvalue weighted by Crippen LogP contribution is 2.31. The third kappa shape index (κ3) is 12.3. The number of carbonyl (C=O) groups excluding carboxylic acids is 2. The van der Waals surface area contributed by atoms with Crippen LogP contribution >= 0.6 is 0 Å². The van der Waals surface area contributed by atoms with E-state index in [0.717, 1.165) is 31.2 Å². The average Bonchev–Trinajstić information content (AvgIpc) is 3.19. The maximum atomic E-state index is 12.0. The van der Waals surface area contributed by atoms with Crippen LogP contribution in [0.3, 0.4) is 0 Å². The predicted octanol–water partition coefficient (Wildman–Crippen LogP) is 8.59. The van der Waals surface area contributed by atoms with E-state index < -0.39 is 31.1 Å². The molecular weight excluding hydrogens is 664 g/mol. The molecule has 0 heterocycles. The number of ether oxygens (including phenoxy) is 3. The van der Waals surface area contributed by atoms with Gasteiger partial charge in [-0.05, 0) is 101 Å². The highest BCUT2D eigenvalue weighted by atomic mass is 16.6. The van der Waals surface area contributed by atoms with Crippen molar-refractivity contribution in [2.45, 2.75) is 65.7 Å². The van der Waals surface area contributed by atoms with Crippen molar-refractivity contribution in [3.05, 3.63) is 137 Å². The Morgan fingerprint density at radius 2 is 1.21 bits per heavy atom. The molecule has 0 saturated heterocycles. The first kappa shape index (κ1) is 40.8. The van der Waals surface area contributed by atoms with Crippen molar-refractivity contribution in [1.82, 2.24) is 0 Å². The van der Waals surface area contributed by atoms with E-state index in [9.17, 15) is 9.59 Å². The van der Waals surface area contributed by atoms with Gasteiger partial charge >= 0.3 is 11.9 Å². The lowest BCUT2D eigenvalue weighted by Gasteiger charge is -2.18. The zero-order valence-electron chi connectivity index (χ0n) is 31.5. The average molecular weight is 719 g/mol. The van der Waals surface area contributed by atoms with Crippen LogP contribution in [-0.4, -0.2) is 55.2 Å². The quantitative estimate of drug-likeness (QED) is 0.0506. The van der Waals surface area contributed by atoms with Gasteiger partial charge in [-0.15, -0.1) is 0 Å². The van der Waals surface area contributed by atoms with E-state index in [0.29, 0.717) is 5.75 Å². The van der Waals surface area contributed by atoms with Crippen LogP contribution < -0.4 is 4.74 Å². The Kier molecular flexibility index (Phi) is 16.1. The van der Waals surface area contributed by atoms with E-state index >= 15 is 0 Å². The van der Waals surface area contributed by atoms with Crippen molar-refractivity contribution < 1.29 is 34.0 Å². The Labute approximate surface area is 315 Å². The lowest BCUT2D eigenvalue weighted by Crippen LogP contribution is -2.27. The van der Waals surface area contributed by atoms with Gasteiger partial charge in [0.2, 0.25) is 0 Å². The molecule has 0 unspecified atom stereocenters.